The zero-order valence-electron chi connectivity index (χ0n) is 26.5. The number of nitrogens with two attached hydrogens (primary N) is 1. The minimum Gasteiger partial charge on any atom is -0.481 e. The third-order valence-corrected chi connectivity index (χ3v) is 8.32. The maximum absolute atomic E-state index is 12.6. The minimum absolute atomic E-state index is 0.0584. The molecule has 0 bridgehead atoms. The molecule has 1 fully saturated rings. The number of carbonyl (C=O) groups is 4. The first-order valence-electron chi connectivity index (χ1n) is 15.1. The first-order valence-corrected chi connectivity index (χ1v) is 15.9. The lowest BCUT2D eigenvalue weighted by Crippen LogP contribution is -2.43. The SMILES string of the molecule is CC/C=C/[C@H](OC(N)=O)[C@H](Cl)[C@@H](O)CC(=O)C(O)C(O)C(C)/C(Cl)=C/C=C/C=C(C)/C=C/C=C/C(=O)O[C@@H]1C[C@@H](C(=O)O)CC[C@@H]1O. The van der Waals surface area contributed by atoms with Gasteiger partial charge in [0, 0.05) is 29.9 Å². The lowest BCUT2D eigenvalue weighted by molar-refractivity contribution is -0.159. The summed E-state index contributed by atoms with van der Waals surface area (Å²) in [7, 11) is 0. The van der Waals surface area contributed by atoms with E-state index in [4.69, 9.17) is 43.5 Å². The molecule has 3 unspecified atom stereocenters. The number of aliphatic carboxylic acids is 1. The van der Waals surface area contributed by atoms with Crippen LogP contribution in [0.3, 0.4) is 0 Å². The van der Waals surface area contributed by atoms with Crippen LogP contribution in [0.25, 0.3) is 0 Å². The number of rotatable bonds is 18. The van der Waals surface area contributed by atoms with Gasteiger partial charge in [-0.3, -0.25) is 9.59 Å². The van der Waals surface area contributed by atoms with E-state index >= 15 is 0 Å². The van der Waals surface area contributed by atoms with Crippen LogP contribution in [-0.2, 0) is 23.9 Å². The molecule has 12 nitrogen and oxygen atoms in total. The topological polar surface area (TPSA) is 214 Å². The summed E-state index contributed by atoms with van der Waals surface area (Å²) in [6, 6.07) is 0. The standard InChI is InChI=1S/C33H45Cl2NO11/c1-4-5-13-26(47-33(36)45)29(35)24(38)18-25(39)31(42)30(41)20(3)22(34)12-8-6-10-19(2)11-7-9-14-28(40)46-27-17-21(32(43)44)15-16-23(27)37/h5-14,20-21,23-24,26-27,29-31,37-38,41-42H,4,15-18H2,1-3H3,(H2,36,45)(H,43,44)/b8-6+,11-7+,13-5+,14-9+,19-10+,22-12-/t20?,21-,23-,24-,26-,27+,29+,30?,31?/m0/s1. The second-order valence-electron chi connectivity index (χ2n) is 11.1. The van der Waals surface area contributed by atoms with E-state index in [1.807, 2.05) is 6.92 Å². The van der Waals surface area contributed by atoms with Crippen LogP contribution in [0.1, 0.15) is 52.9 Å². The van der Waals surface area contributed by atoms with Crippen molar-refractivity contribution in [3.63, 3.8) is 0 Å². The molecule has 0 heterocycles. The molecule has 1 saturated carbocycles. The minimum atomic E-state index is -1.89. The zero-order valence-corrected chi connectivity index (χ0v) is 28.0. The van der Waals surface area contributed by atoms with Crippen molar-refractivity contribution in [1.82, 2.24) is 0 Å². The van der Waals surface area contributed by atoms with Crippen molar-refractivity contribution in [3.8, 4) is 0 Å². The molecular formula is C33H45Cl2NO11. The molecule has 0 aromatic carbocycles. The first-order chi connectivity index (χ1) is 22.1. The van der Waals surface area contributed by atoms with Crippen LogP contribution in [0.4, 0.5) is 4.79 Å². The number of Topliss-reactive ketones (excluding diaryl/α,β-unsaturated/α-hetero) is 1. The van der Waals surface area contributed by atoms with Crippen molar-refractivity contribution >= 4 is 47.0 Å². The van der Waals surface area contributed by atoms with Crippen molar-refractivity contribution in [1.29, 1.82) is 0 Å². The zero-order chi connectivity index (χ0) is 35.7. The number of carboxylic acids is 1. The van der Waals surface area contributed by atoms with Gasteiger partial charge in [-0.25, -0.2) is 9.59 Å². The number of aliphatic hydroxyl groups excluding tert-OH is 4. The van der Waals surface area contributed by atoms with E-state index < -0.39 is 84.1 Å². The van der Waals surface area contributed by atoms with Crippen LogP contribution in [0.15, 0.2) is 71.4 Å². The van der Waals surface area contributed by atoms with E-state index in [0.717, 1.165) is 5.57 Å². The second-order valence-corrected chi connectivity index (χ2v) is 12.0. The van der Waals surface area contributed by atoms with Gasteiger partial charge in [0.25, 0.3) is 0 Å². The predicted octanol–water partition coefficient (Wildman–Crippen LogP) is 3.60. The van der Waals surface area contributed by atoms with Gasteiger partial charge >= 0.3 is 18.0 Å². The van der Waals surface area contributed by atoms with Crippen LogP contribution >= 0.6 is 23.2 Å². The van der Waals surface area contributed by atoms with E-state index in [-0.39, 0.29) is 17.9 Å². The molecule has 14 heteroatoms. The van der Waals surface area contributed by atoms with Crippen LogP contribution in [0.5, 0.6) is 0 Å². The Morgan fingerprint density at radius 1 is 1.02 bits per heavy atom. The van der Waals surface area contributed by atoms with Gasteiger partial charge in [-0.05, 0) is 38.3 Å². The van der Waals surface area contributed by atoms with E-state index in [1.165, 1.54) is 31.2 Å². The summed E-state index contributed by atoms with van der Waals surface area (Å²) in [5.41, 5.74) is 5.83. The van der Waals surface area contributed by atoms with Crippen LogP contribution in [0, 0.1) is 11.8 Å². The second kappa shape index (κ2) is 21.6. The first kappa shape index (κ1) is 41.8. The number of esters is 1. The number of alkyl halides is 1. The summed E-state index contributed by atoms with van der Waals surface area (Å²) in [4.78, 5) is 47.0. The molecule has 0 saturated heterocycles. The van der Waals surface area contributed by atoms with Crippen molar-refractivity contribution in [3.05, 3.63) is 71.4 Å². The monoisotopic (exact) mass is 701 g/mol. The maximum atomic E-state index is 12.6. The number of primary amides is 1. The quantitative estimate of drug-likeness (QED) is 0.0399. The molecule has 0 aliphatic heterocycles. The Morgan fingerprint density at radius 3 is 2.28 bits per heavy atom. The van der Waals surface area contributed by atoms with Crippen molar-refractivity contribution in [2.45, 2.75) is 94.9 Å². The van der Waals surface area contributed by atoms with Crippen molar-refractivity contribution < 1.29 is 54.2 Å². The van der Waals surface area contributed by atoms with Gasteiger partial charge in [-0.1, -0.05) is 73.6 Å². The smallest absolute Gasteiger partial charge is 0.405 e. The van der Waals surface area contributed by atoms with Crippen molar-refractivity contribution in [2.24, 2.45) is 17.6 Å². The van der Waals surface area contributed by atoms with Gasteiger partial charge in [0.05, 0.1) is 24.2 Å². The number of hydrogen-bond acceptors (Lipinski definition) is 10. The number of ether oxygens (including phenoxy) is 2. The highest BCUT2D eigenvalue weighted by Crippen LogP contribution is 2.27. The van der Waals surface area contributed by atoms with Crippen LogP contribution in [0.2, 0.25) is 0 Å². The van der Waals surface area contributed by atoms with Gasteiger partial charge in [0.2, 0.25) is 0 Å². The van der Waals surface area contributed by atoms with E-state index in [0.29, 0.717) is 12.8 Å². The van der Waals surface area contributed by atoms with Gasteiger partial charge in [-0.2, -0.15) is 0 Å². The molecule has 1 aliphatic carbocycles. The summed E-state index contributed by atoms with van der Waals surface area (Å²) in [5.74, 6) is -4.10. The number of allylic oxidation sites excluding steroid dienone is 9. The Morgan fingerprint density at radius 2 is 1.66 bits per heavy atom. The molecule has 47 heavy (non-hydrogen) atoms. The summed E-state index contributed by atoms with van der Waals surface area (Å²) >= 11 is 12.5. The summed E-state index contributed by atoms with van der Waals surface area (Å²) < 4.78 is 10.1. The molecule has 0 spiro atoms. The highest BCUT2D eigenvalue weighted by molar-refractivity contribution is 6.30. The average molecular weight is 703 g/mol. The number of hydrogen-bond donors (Lipinski definition) is 6. The molecule has 1 rings (SSSR count). The van der Waals surface area contributed by atoms with Gasteiger partial charge in [0.1, 0.15) is 23.7 Å². The Balaban J connectivity index is 2.66. The highest BCUT2D eigenvalue weighted by atomic mass is 35.5. The van der Waals surface area contributed by atoms with E-state index in [2.05, 4.69) is 0 Å². The summed E-state index contributed by atoms with van der Waals surface area (Å²) in [6.07, 6.45) is 6.95. The third-order valence-electron chi connectivity index (χ3n) is 7.31. The molecule has 1 aliphatic rings. The fourth-order valence-corrected chi connectivity index (χ4v) is 4.88. The van der Waals surface area contributed by atoms with Crippen molar-refractivity contribution in [2.75, 3.05) is 0 Å². The molecule has 9 atom stereocenters. The summed E-state index contributed by atoms with van der Waals surface area (Å²) in [6.45, 7) is 5.12. The maximum Gasteiger partial charge on any atom is 0.405 e. The molecule has 262 valence electrons. The van der Waals surface area contributed by atoms with E-state index in [1.54, 1.807) is 43.4 Å². The van der Waals surface area contributed by atoms with Gasteiger partial charge in [-0.15, -0.1) is 11.6 Å². The summed E-state index contributed by atoms with van der Waals surface area (Å²) in [5, 5.41) is 49.4. The predicted molar refractivity (Wildman–Crippen MR) is 176 cm³/mol. The number of halogens is 2. The van der Waals surface area contributed by atoms with Crippen LogP contribution in [-0.4, -0.2) is 91.3 Å². The lowest BCUT2D eigenvalue weighted by atomic mass is 9.85. The Kier molecular flexibility index (Phi) is 19.2. The Hall–Kier alpha value is -3.26. The largest absolute Gasteiger partial charge is 0.481 e. The number of ketones is 1. The Labute approximate surface area is 284 Å². The van der Waals surface area contributed by atoms with Gasteiger partial charge < -0.3 is 40.7 Å². The lowest BCUT2D eigenvalue weighted by Gasteiger charge is -2.30. The molecular weight excluding hydrogens is 657 g/mol. The molecule has 0 aromatic rings. The highest BCUT2D eigenvalue weighted by Gasteiger charge is 2.36. The van der Waals surface area contributed by atoms with Gasteiger partial charge in [0.15, 0.2) is 5.78 Å². The third kappa shape index (κ3) is 15.5. The fraction of sp³-hybridized carbons (Fsp3) is 0.515. The number of amides is 1. The van der Waals surface area contributed by atoms with Crippen LogP contribution < -0.4 is 5.73 Å². The fourth-order valence-electron chi connectivity index (χ4n) is 4.46. The molecule has 7 N–H and O–H groups in total. The molecule has 0 aromatic heterocycles. The number of carboxylic acid groups (broad SMARTS) is 1. The average Bonchev–Trinajstić information content (AvgIpc) is 3.02. The molecule has 1 amide bonds. The normalized spacial score (nSPS) is 23.5. The number of carbonyl (C=O) groups excluding carboxylic acids is 3. The van der Waals surface area contributed by atoms with E-state index in [9.17, 15) is 39.6 Å². The Bertz CT molecular complexity index is 1240. The number of aliphatic hydroxyl groups is 4. The molecule has 0 radical (unpaired) electrons.